The van der Waals surface area contributed by atoms with Gasteiger partial charge in [0.15, 0.2) is 0 Å². The van der Waals surface area contributed by atoms with E-state index >= 15 is 0 Å². The molecule has 0 radical (unpaired) electrons. The Bertz CT molecular complexity index is 482. The molecule has 3 nitrogen and oxygen atoms in total. The van der Waals surface area contributed by atoms with Crippen molar-refractivity contribution in [3.63, 3.8) is 0 Å². The van der Waals surface area contributed by atoms with Crippen LogP contribution in [-0.4, -0.2) is 16.6 Å². The molecule has 84 valence electrons. The van der Waals surface area contributed by atoms with Gasteiger partial charge in [-0.05, 0) is 31.5 Å². The summed E-state index contributed by atoms with van der Waals surface area (Å²) >= 11 is 0. The van der Waals surface area contributed by atoms with Crippen LogP contribution < -0.4 is 4.74 Å². The molecule has 0 fully saturated rings. The van der Waals surface area contributed by atoms with E-state index in [9.17, 15) is 0 Å². The molecule has 3 heteroatoms. The van der Waals surface area contributed by atoms with Gasteiger partial charge in [0.1, 0.15) is 0 Å². The molecule has 16 heavy (non-hydrogen) atoms. The summed E-state index contributed by atoms with van der Waals surface area (Å²) in [5.41, 5.74) is 2.82. The molecule has 2 aromatic rings. The zero-order chi connectivity index (χ0) is 11.4. The van der Waals surface area contributed by atoms with Gasteiger partial charge in [-0.1, -0.05) is 13.3 Å². The van der Waals surface area contributed by atoms with Crippen LogP contribution in [0.25, 0.3) is 11.0 Å². The van der Waals surface area contributed by atoms with Crippen LogP contribution in [0, 0.1) is 6.92 Å². The van der Waals surface area contributed by atoms with E-state index < -0.39 is 0 Å². The highest BCUT2D eigenvalue weighted by molar-refractivity contribution is 5.74. The lowest BCUT2D eigenvalue weighted by atomic mass is 10.3. The van der Waals surface area contributed by atoms with E-state index in [1.165, 1.54) is 0 Å². The van der Waals surface area contributed by atoms with Crippen LogP contribution in [0.4, 0.5) is 0 Å². The molecule has 0 amide bonds. The molecule has 0 aromatic carbocycles. The summed E-state index contributed by atoms with van der Waals surface area (Å²) in [6.45, 7) is 4.85. The maximum absolute atomic E-state index is 5.55. The standard InChI is InChI=1S/C13H16N2O/c1-3-4-9-16-13-8-7-11-12(15-13)6-5-10(2)14-11/h5-8H,3-4,9H2,1-2H3. The fourth-order valence-electron chi connectivity index (χ4n) is 1.49. The van der Waals surface area contributed by atoms with Crippen molar-refractivity contribution in [3.05, 3.63) is 30.0 Å². The second-order valence-electron chi connectivity index (χ2n) is 3.84. The van der Waals surface area contributed by atoms with E-state index in [2.05, 4.69) is 16.9 Å². The normalized spacial score (nSPS) is 10.6. The third-order valence-electron chi connectivity index (χ3n) is 2.40. The zero-order valence-corrected chi connectivity index (χ0v) is 9.73. The van der Waals surface area contributed by atoms with E-state index in [0.29, 0.717) is 5.88 Å². The predicted molar refractivity (Wildman–Crippen MR) is 64.7 cm³/mol. The molecular formula is C13H16N2O. The number of pyridine rings is 2. The Morgan fingerprint density at radius 2 is 1.81 bits per heavy atom. The molecule has 0 aliphatic heterocycles. The summed E-state index contributed by atoms with van der Waals surface area (Å²) in [5, 5.41) is 0. The lowest BCUT2D eigenvalue weighted by Gasteiger charge is -2.05. The zero-order valence-electron chi connectivity index (χ0n) is 9.73. The van der Waals surface area contributed by atoms with Crippen LogP contribution in [0.3, 0.4) is 0 Å². The number of hydrogen-bond acceptors (Lipinski definition) is 3. The van der Waals surface area contributed by atoms with Crippen LogP contribution >= 0.6 is 0 Å². The highest BCUT2D eigenvalue weighted by Gasteiger charge is 2.00. The molecule has 0 spiro atoms. The van der Waals surface area contributed by atoms with Crippen molar-refractivity contribution < 1.29 is 4.74 Å². The Morgan fingerprint density at radius 3 is 2.62 bits per heavy atom. The van der Waals surface area contributed by atoms with E-state index in [1.54, 1.807) is 0 Å². The summed E-state index contributed by atoms with van der Waals surface area (Å²) in [4.78, 5) is 8.80. The molecule has 0 atom stereocenters. The molecule has 2 rings (SSSR count). The number of fused-ring (bicyclic) bond motifs is 1. The average Bonchev–Trinajstić information content (AvgIpc) is 2.29. The minimum absolute atomic E-state index is 0.687. The third kappa shape index (κ3) is 2.48. The van der Waals surface area contributed by atoms with E-state index in [4.69, 9.17) is 4.74 Å². The number of hydrogen-bond donors (Lipinski definition) is 0. The average molecular weight is 216 g/mol. The van der Waals surface area contributed by atoms with Crippen molar-refractivity contribution >= 4 is 11.0 Å². The molecule has 0 N–H and O–H groups in total. The first-order valence-corrected chi connectivity index (χ1v) is 5.67. The molecule has 0 aliphatic rings. The molecule has 0 saturated carbocycles. The second kappa shape index (κ2) is 4.92. The minimum Gasteiger partial charge on any atom is -0.478 e. The largest absolute Gasteiger partial charge is 0.478 e. The van der Waals surface area contributed by atoms with Gasteiger partial charge in [-0.15, -0.1) is 0 Å². The number of unbranched alkanes of at least 4 members (excludes halogenated alkanes) is 1. The van der Waals surface area contributed by atoms with Gasteiger partial charge in [-0.25, -0.2) is 4.98 Å². The Kier molecular flexibility index (Phi) is 3.34. The van der Waals surface area contributed by atoms with Crippen molar-refractivity contribution in [2.75, 3.05) is 6.61 Å². The molecule has 0 aliphatic carbocycles. The van der Waals surface area contributed by atoms with Crippen LogP contribution in [-0.2, 0) is 0 Å². The first kappa shape index (κ1) is 10.9. The van der Waals surface area contributed by atoms with Gasteiger partial charge in [0, 0.05) is 11.8 Å². The first-order chi connectivity index (χ1) is 7.79. The Balaban J connectivity index is 2.20. The Labute approximate surface area is 95.5 Å². The van der Waals surface area contributed by atoms with Crippen molar-refractivity contribution in [3.8, 4) is 5.88 Å². The van der Waals surface area contributed by atoms with E-state index in [0.717, 1.165) is 36.2 Å². The summed E-state index contributed by atoms with van der Waals surface area (Å²) < 4.78 is 5.55. The van der Waals surface area contributed by atoms with Crippen LogP contribution in [0.15, 0.2) is 24.3 Å². The van der Waals surface area contributed by atoms with Crippen molar-refractivity contribution in [1.29, 1.82) is 0 Å². The monoisotopic (exact) mass is 216 g/mol. The fourth-order valence-corrected chi connectivity index (χ4v) is 1.49. The van der Waals surface area contributed by atoms with Gasteiger partial charge in [0.25, 0.3) is 0 Å². The second-order valence-corrected chi connectivity index (χ2v) is 3.84. The highest BCUT2D eigenvalue weighted by atomic mass is 16.5. The van der Waals surface area contributed by atoms with Gasteiger partial charge in [0.2, 0.25) is 5.88 Å². The SMILES string of the molecule is CCCCOc1ccc2nc(C)ccc2n1. The quantitative estimate of drug-likeness (QED) is 0.736. The summed E-state index contributed by atoms with van der Waals surface area (Å²) in [6, 6.07) is 7.77. The topological polar surface area (TPSA) is 35.0 Å². The Morgan fingerprint density at radius 1 is 1.06 bits per heavy atom. The molecular weight excluding hydrogens is 200 g/mol. The predicted octanol–water partition coefficient (Wildman–Crippen LogP) is 3.12. The maximum atomic E-state index is 5.55. The van der Waals surface area contributed by atoms with Gasteiger partial charge in [-0.2, -0.15) is 0 Å². The van der Waals surface area contributed by atoms with Crippen molar-refractivity contribution in [2.24, 2.45) is 0 Å². The van der Waals surface area contributed by atoms with Crippen molar-refractivity contribution in [2.45, 2.75) is 26.7 Å². The molecule has 2 heterocycles. The van der Waals surface area contributed by atoms with Gasteiger partial charge < -0.3 is 4.74 Å². The number of nitrogens with zero attached hydrogens (tertiary/aromatic N) is 2. The smallest absolute Gasteiger partial charge is 0.213 e. The van der Waals surface area contributed by atoms with Crippen LogP contribution in [0.1, 0.15) is 25.5 Å². The first-order valence-electron chi connectivity index (χ1n) is 5.67. The fraction of sp³-hybridized carbons (Fsp3) is 0.385. The highest BCUT2D eigenvalue weighted by Crippen LogP contribution is 2.15. The number of aryl methyl sites for hydroxylation is 1. The van der Waals surface area contributed by atoms with E-state index in [1.807, 2.05) is 31.2 Å². The lowest BCUT2D eigenvalue weighted by molar-refractivity contribution is 0.299. The number of rotatable bonds is 4. The Hall–Kier alpha value is -1.64. The lowest BCUT2D eigenvalue weighted by Crippen LogP contribution is -1.98. The van der Waals surface area contributed by atoms with Gasteiger partial charge in [0.05, 0.1) is 17.6 Å². The minimum atomic E-state index is 0.687. The van der Waals surface area contributed by atoms with E-state index in [-0.39, 0.29) is 0 Å². The number of aromatic nitrogens is 2. The molecule has 0 unspecified atom stereocenters. The molecule has 0 bridgehead atoms. The summed E-state index contributed by atoms with van der Waals surface area (Å²) in [6.07, 6.45) is 2.19. The van der Waals surface area contributed by atoms with Crippen molar-refractivity contribution in [1.82, 2.24) is 9.97 Å². The van der Waals surface area contributed by atoms with Crippen LogP contribution in [0.2, 0.25) is 0 Å². The third-order valence-corrected chi connectivity index (χ3v) is 2.40. The van der Waals surface area contributed by atoms with Gasteiger partial charge in [-0.3, -0.25) is 4.98 Å². The molecule has 2 aromatic heterocycles. The maximum Gasteiger partial charge on any atom is 0.213 e. The number of ether oxygens (including phenoxy) is 1. The summed E-state index contributed by atoms with van der Waals surface area (Å²) in [7, 11) is 0. The molecule has 0 saturated heterocycles. The van der Waals surface area contributed by atoms with Gasteiger partial charge >= 0.3 is 0 Å². The van der Waals surface area contributed by atoms with Crippen LogP contribution in [0.5, 0.6) is 5.88 Å². The summed E-state index contributed by atoms with van der Waals surface area (Å²) in [5.74, 6) is 0.687.